The van der Waals surface area contributed by atoms with Crippen molar-refractivity contribution in [3.63, 3.8) is 0 Å². The van der Waals surface area contributed by atoms with Crippen molar-refractivity contribution in [2.75, 3.05) is 37.0 Å². The van der Waals surface area contributed by atoms with E-state index in [9.17, 15) is 0 Å². The zero-order valence-corrected chi connectivity index (χ0v) is 16.7. The van der Waals surface area contributed by atoms with E-state index in [-0.39, 0.29) is 5.41 Å². The molecule has 1 aliphatic heterocycles. The summed E-state index contributed by atoms with van der Waals surface area (Å²) in [6.45, 7) is 8.39. The van der Waals surface area contributed by atoms with Crippen molar-refractivity contribution < 1.29 is 4.52 Å². The quantitative estimate of drug-likeness (QED) is 0.696. The van der Waals surface area contributed by atoms with Crippen LogP contribution in [-0.4, -0.2) is 51.9 Å². The van der Waals surface area contributed by atoms with Gasteiger partial charge in [-0.15, -0.1) is 5.10 Å². The van der Waals surface area contributed by atoms with Gasteiger partial charge < -0.3 is 14.3 Å². The predicted octanol–water partition coefficient (Wildman–Crippen LogP) is 2.92. The Kier molecular flexibility index (Phi) is 4.13. The molecule has 3 aromatic heterocycles. The minimum atomic E-state index is 0.0431. The minimum absolute atomic E-state index is 0.0431. The lowest BCUT2D eigenvalue weighted by Crippen LogP contribution is -2.33. The van der Waals surface area contributed by atoms with E-state index in [1.807, 2.05) is 29.7 Å². The Morgan fingerprint density at radius 3 is 2.50 bits per heavy atom. The van der Waals surface area contributed by atoms with Gasteiger partial charge in [-0.05, 0) is 18.0 Å². The molecule has 8 nitrogen and oxygen atoms in total. The lowest BCUT2D eigenvalue weighted by molar-refractivity contribution is 0.329. The van der Waals surface area contributed by atoms with E-state index in [2.05, 4.69) is 35.8 Å². The zero-order chi connectivity index (χ0) is 18.5. The molecular weight excluding hydrogens is 350 g/mol. The third-order valence-corrected chi connectivity index (χ3v) is 5.73. The van der Waals surface area contributed by atoms with Crippen molar-refractivity contribution in [1.82, 2.24) is 24.7 Å². The number of aromatic nitrogens is 5. The highest BCUT2D eigenvalue weighted by molar-refractivity contribution is 7.20. The van der Waals surface area contributed by atoms with Gasteiger partial charge in [0.05, 0.1) is 11.9 Å². The van der Waals surface area contributed by atoms with Gasteiger partial charge in [-0.1, -0.05) is 32.1 Å². The number of nitrogens with zero attached hydrogens (tertiary/aromatic N) is 7. The minimum Gasteiger partial charge on any atom is -0.347 e. The van der Waals surface area contributed by atoms with Crippen LogP contribution in [-0.2, 0) is 5.41 Å². The Balaban J connectivity index is 1.44. The van der Waals surface area contributed by atoms with Crippen LogP contribution in [0.25, 0.3) is 4.96 Å². The van der Waals surface area contributed by atoms with Gasteiger partial charge in [-0.2, -0.15) is 4.98 Å². The van der Waals surface area contributed by atoms with E-state index in [0.29, 0.717) is 11.9 Å². The summed E-state index contributed by atoms with van der Waals surface area (Å²) in [7, 11) is 3.84. The molecule has 1 saturated heterocycles. The summed E-state index contributed by atoms with van der Waals surface area (Å²) < 4.78 is 7.35. The number of anilines is 2. The van der Waals surface area contributed by atoms with Crippen molar-refractivity contribution in [1.29, 1.82) is 0 Å². The molecule has 0 unspecified atom stereocenters. The first kappa shape index (κ1) is 17.3. The molecule has 0 aromatic carbocycles. The second-order valence-corrected chi connectivity index (χ2v) is 9.01. The van der Waals surface area contributed by atoms with Crippen molar-refractivity contribution in [3.8, 4) is 0 Å². The maximum atomic E-state index is 5.44. The number of hydrogen-bond acceptors (Lipinski definition) is 8. The number of piperidine rings is 1. The smallest absolute Gasteiger partial charge is 0.265 e. The maximum absolute atomic E-state index is 5.44. The largest absolute Gasteiger partial charge is 0.347 e. The summed E-state index contributed by atoms with van der Waals surface area (Å²) in [5, 5.41) is 9.79. The Hall–Kier alpha value is -2.16. The summed E-state index contributed by atoms with van der Waals surface area (Å²) in [4.78, 5) is 14.4. The topological polar surface area (TPSA) is 75.6 Å². The van der Waals surface area contributed by atoms with Gasteiger partial charge in [0.2, 0.25) is 16.0 Å². The second-order valence-electron chi connectivity index (χ2n) is 8.08. The molecule has 4 rings (SSSR count). The van der Waals surface area contributed by atoms with Gasteiger partial charge in [0.1, 0.15) is 0 Å². The Bertz CT molecular complexity index is 864. The average molecular weight is 376 g/mol. The summed E-state index contributed by atoms with van der Waals surface area (Å²) in [5.74, 6) is 1.71. The highest BCUT2D eigenvalue weighted by Gasteiger charge is 2.28. The molecule has 0 atom stereocenters. The van der Waals surface area contributed by atoms with Crippen molar-refractivity contribution in [2.24, 2.45) is 0 Å². The molecule has 1 aliphatic rings. The molecule has 0 radical (unpaired) electrons. The molecule has 0 aliphatic carbocycles. The fraction of sp³-hybridized carbons (Fsp3) is 0.647. The van der Waals surface area contributed by atoms with Crippen LogP contribution in [0.2, 0.25) is 0 Å². The lowest BCUT2D eigenvalue weighted by Gasteiger charge is -2.29. The van der Waals surface area contributed by atoms with E-state index in [0.717, 1.165) is 47.6 Å². The lowest BCUT2D eigenvalue weighted by atomic mass is 9.93. The molecule has 0 saturated carbocycles. The average Bonchev–Trinajstić information content (AvgIpc) is 3.28. The first-order valence-electron chi connectivity index (χ1n) is 8.94. The fourth-order valence-corrected chi connectivity index (χ4v) is 4.01. The van der Waals surface area contributed by atoms with Gasteiger partial charge >= 0.3 is 0 Å². The monoisotopic (exact) mass is 375 g/mol. The summed E-state index contributed by atoms with van der Waals surface area (Å²) in [6.07, 6.45) is 4.03. The molecular formula is C17H25N7OS. The molecule has 3 aromatic rings. The predicted molar refractivity (Wildman–Crippen MR) is 102 cm³/mol. The van der Waals surface area contributed by atoms with E-state index in [4.69, 9.17) is 14.6 Å². The molecule has 0 spiro atoms. The summed E-state index contributed by atoms with van der Waals surface area (Å²) in [6, 6.07) is 0. The number of hydrogen-bond donors (Lipinski definition) is 0. The molecule has 140 valence electrons. The highest BCUT2D eigenvalue weighted by atomic mass is 32.1. The Morgan fingerprint density at radius 1 is 1.19 bits per heavy atom. The first-order chi connectivity index (χ1) is 12.3. The molecule has 26 heavy (non-hydrogen) atoms. The summed E-state index contributed by atoms with van der Waals surface area (Å²) in [5.41, 5.74) is 1.12. The van der Waals surface area contributed by atoms with E-state index < -0.39 is 0 Å². The second kappa shape index (κ2) is 6.22. The van der Waals surface area contributed by atoms with Crippen LogP contribution in [0.4, 0.5) is 11.1 Å². The van der Waals surface area contributed by atoms with Crippen LogP contribution in [0.1, 0.15) is 51.1 Å². The van der Waals surface area contributed by atoms with Crippen LogP contribution in [0.15, 0.2) is 10.7 Å². The van der Waals surface area contributed by atoms with Gasteiger partial charge in [-0.25, -0.2) is 9.50 Å². The van der Waals surface area contributed by atoms with Crippen LogP contribution >= 0.6 is 11.3 Å². The summed E-state index contributed by atoms with van der Waals surface area (Å²) >= 11 is 1.65. The molecule has 1 fully saturated rings. The number of rotatable bonds is 3. The normalized spacial score (nSPS) is 16.6. The number of imidazole rings is 1. The molecule has 0 amide bonds. The van der Waals surface area contributed by atoms with Gasteiger partial charge in [0.15, 0.2) is 0 Å². The van der Waals surface area contributed by atoms with Crippen molar-refractivity contribution in [3.05, 3.63) is 17.8 Å². The van der Waals surface area contributed by atoms with Gasteiger partial charge in [-0.3, -0.25) is 0 Å². The molecule has 9 heteroatoms. The zero-order valence-electron chi connectivity index (χ0n) is 15.9. The first-order valence-corrected chi connectivity index (χ1v) is 9.75. The standard InChI is InChI=1S/C17H25N7OS/c1-17(2,3)12-10-24-15(18-12)26-16(20-24)23-8-6-11(7-9-23)13-19-14(21-25-13)22(4)5/h10-11H,6-9H2,1-5H3. The van der Waals surface area contributed by atoms with Crippen LogP contribution < -0.4 is 9.80 Å². The maximum Gasteiger partial charge on any atom is 0.265 e. The van der Waals surface area contributed by atoms with Crippen molar-refractivity contribution >= 4 is 27.4 Å². The van der Waals surface area contributed by atoms with E-state index in [1.165, 1.54) is 0 Å². The fourth-order valence-electron chi connectivity index (χ4n) is 3.07. The van der Waals surface area contributed by atoms with Crippen molar-refractivity contribution in [2.45, 2.75) is 44.9 Å². The third-order valence-electron chi connectivity index (χ3n) is 4.75. The molecule has 4 heterocycles. The van der Waals surface area contributed by atoms with Crippen LogP contribution in [0.5, 0.6) is 0 Å². The van der Waals surface area contributed by atoms with Gasteiger partial charge in [0.25, 0.3) is 5.95 Å². The Morgan fingerprint density at radius 2 is 1.92 bits per heavy atom. The third kappa shape index (κ3) is 3.15. The van der Waals surface area contributed by atoms with Gasteiger partial charge in [0, 0.05) is 38.5 Å². The van der Waals surface area contributed by atoms with E-state index >= 15 is 0 Å². The molecule has 0 bridgehead atoms. The highest BCUT2D eigenvalue weighted by Crippen LogP contribution is 2.33. The molecule has 0 N–H and O–H groups in total. The number of fused-ring (bicyclic) bond motifs is 1. The Labute approximate surface area is 156 Å². The van der Waals surface area contributed by atoms with E-state index in [1.54, 1.807) is 11.3 Å². The van der Waals surface area contributed by atoms with Crippen LogP contribution in [0.3, 0.4) is 0 Å². The van der Waals surface area contributed by atoms with Crippen LogP contribution in [0, 0.1) is 0 Å². The SMILES string of the molecule is CN(C)c1noc(C2CCN(c3nn4cc(C(C)(C)C)nc4s3)CC2)n1.